The number of benzene rings is 2. The van der Waals surface area contributed by atoms with Gasteiger partial charge in [-0.05, 0) is 67.8 Å². The zero-order valence-corrected chi connectivity index (χ0v) is 21.0. The summed E-state index contributed by atoms with van der Waals surface area (Å²) in [6.45, 7) is 5.74. The van der Waals surface area contributed by atoms with Crippen molar-refractivity contribution in [2.24, 2.45) is 0 Å². The highest BCUT2D eigenvalue weighted by Gasteiger charge is 2.18. The molecule has 1 aliphatic rings. The molecule has 0 spiro atoms. The Morgan fingerprint density at radius 1 is 0.971 bits per heavy atom. The maximum Gasteiger partial charge on any atom is 0.183 e. The minimum Gasteiger partial charge on any atom is -0.494 e. The van der Waals surface area contributed by atoms with E-state index in [0.717, 1.165) is 80.0 Å². The molecule has 1 saturated heterocycles. The van der Waals surface area contributed by atoms with E-state index in [1.807, 2.05) is 31.3 Å². The van der Waals surface area contributed by atoms with E-state index in [9.17, 15) is 0 Å². The van der Waals surface area contributed by atoms with Crippen LogP contribution in [0.1, 0.15) is 29.7 Å². The molecule has 0 saturated carbocycles. The van der Waals surface area contributed by atoms with Gasteiger partial charge in [-0.25, -0.2) is 4.98 Å². The van der Waals surface area contributed by atoms with Gasteiger partial charge in [0.15, 0.2) is 5.13 Å². The highest BCUT2D eigenvalue weighted by molar-refractivity contribution is 7.16. The Kier molecular flexibility index (Phi) is 9.35. The number of nitrogens with zero attached hydrogens (tertiary/aromatic N) is 3. The lowest BCUT2D eigenvalue weighted by Crippen LogP contribution is -2.35. The number of unbranched alkanes of at least 4 members (excludes halogenated alkanes) is 2. The van der Waals surface area contributed by atoms with Crippen LogP contribution >= 0.6 is 11.3 Å². The molecule has 0 atom stereocenters. The fourth-order valence-electron chi connectivity index (χ4n) is 3.85. The van der Waals surface area contributed by atoms with Crippen molar-refractivity contribution in [2.75, 3.05) is 51.9 Å². The monoisotopic (exact) mass is 492 g/mol. The lowest BCUT2D eigenvalue weighted by Gasteiger charge is -2.26. The van der Waals surface area contributed by atoms with E-state index in [1.165, 1.54) is 4.88 Å². The van der Waals surface area contributed by atoms with Crippen molar-refractivity contribution in [3.8, 4) is 28.8 Å². The maximum atomic E-state index is 8.84. The number of nitrogens with one attached hydrogen (secondary N) is 1. The summed E-state index contributed by atoms with van der Waals surface area (Å²) in [6.07, 6.45) is 2.97. The zero-order valence-electron chi connectivity index (χ0n) is 20.2. The van der Waals surface area contributed by atoms with Gasteiger partial charge in [0.25, 0.3) is 0 Å². The molecule has 0 amide bonds. The number of rotatable bonds is 12. The molecule has 1 fully saturated rings. The minimum atomic E-state index is 0.644. The lowest BCUT2D eigenvalue weighted by molar-refractivity contribution is 0.0347. The molecule has 0 aliphatic carbocycles. The second-order valence-electron chi connectivity index (χ2n) is 8.35. The van der Waals surface area contributed by atoms with Crippen LogP contribution in [0, 0.1) is 11.3 Å². The summed E-state index contributed by atoms with van der Waals surface area (Å²) in [5.41, 5.74) is 2.79. The Morgan fingerprint density at radius 2 is 1.60 bits per heavy atom. The van der Waals surface area contributed by atoms with Crippen LogP contribution in [-0.2, 0) is 11.3 Å². The molecule has 7 nitrogen and oxygen atoms in total. The molecule has 4 rings (SSSR count). The molecule has 3 aromatic rings. The van der Waals surface area contributed by atoms with Gasteiger partial charge in [-0.15, -0.1) is 11.3 Å². The van der Waals surface area contributed by atoms with Gasteiger partial charge in [0, 0.05) is 37.1 Å². The summed E-state index contributed by atoms with van der Waals surface area (Å²) in [7, 11) is 1.91. The van der Waals surface area contributed by atoms with Crippen molar-refractivity contribution in [2.45, 2.75) is 25.8 Å². The first kappa shape index (κ1) is 25.0. The first-order chi connectivity index (χ1) is 17.2. The molecular formula is C27H32N4O3S. The predicted molar refractivity (Wildman–Crippen MR) is 139 cm³/mol. The number of thiazole rings is 1. The van der Waals surface area contributed by atoms with Crippen molar-refractivity contribution >= 4 is 16.5 Å². The maximum absolute atomic E-state index is 8.84. The Morgan fingerprint density at radius 3 is 2.20 bits per heavy atom. The number of hydrogen-bond acceptors (Lipinski definition) is 8. The van der Waals surface area contributed by atoms with Crippen LogP contribution in [-0.4, -0.2) is 56.4 Å². The largest absolute Gasteiger partial charge is 0.494 e. The van der Waals surface area contributed by atoms with Gasteiger partial charge < -0.3 is 19.5 Å². The van der Waals surface area contributed by atoms with E-state index >= 15 is 0 Å². The molecule has 1 N–H and O–H groups in total. The van der Waals surface area contributed by atoms with Crippen LogP contribution < -0.4 is 14.8 Å². The Hall–Kier alpha value is -3.12. The minimum absolute atomic E-state index is 0.644. The van der Waals surface area contributed by atoms with Gasteiger partial charge in [-0.1, -0.05) is 0 Å². The molecular weight excluding hydrogens is 460 g/mol. The van der Waals surface area contributed by atoms with Gasteiger partial charge in [0.1, 0.15) is 11.5 Å². The van der Waals surface area contributed by atoms with Gasteiger partial charge in [-0.3, -0.25) is 4.90 Å². The van der Waals surface area contributed by atoms with Crippen LogP contribution in [0.2, 0.25) is 0 Å². The number of nitriles is 1. The third-order valence-electron chi connectivity index (χ3n) is 5.82. The average molecular weight is 493 g/mol. The highest BCUT2D eigenvalue weighted by Crippen LogP contribution is 2.33. The molecule has 184 valence electrons. The lowest BCUT2D eigenvalue weighted by atomic mass is 10.1. The van der Waals surface area contributed by atoms with E-state index in [4.69, 9.17) is 24.5 Å². The number of ether oxygens (including phenoxy) is 3. The summed E-state index contributed by atoms with van der Waals surface area (Å²) >= 11 is 1.72. The zero-order chi connectivity index (χ0) is 24.3. The number of aromatic nitrogens is 1. The number of anilines is 1. The fourth-order valence-corrected chi connectivity index (χ4v) is 4.83. The van der Waals surface area contributed by atoms with Crippen molar-refractivity contribution in [1.29, 1.82) is 5.26 Å². The topological polar surface area (TPSA) is 79.6 Å². The van der Waals surface area contributed by atoms with E-state index in [-0.39, 0.29) is 0 Å². The third-order valence-corrected chi connectivity index (χ3v) is 6.88. The Bertz CT molecular complexity index is 1090. The summed E-state index contributed by atoms with van der Waals surface area (Å²) < 4.78 is 17.1. The van der Waals surface area contributed by atoms with Crippen LogP contribution in [0.4, 0.5) is 5.13 Å². The number of hydrogen-bond donors (Lipinski definition) is 1. The second-order valence-corrected chi connectivity index (χ2v) is 9.43. The van der Waals surface area contributed by atoms with E-state index < -0.39 is 0 Å². The SMILES string of the molecule is CNc1nc(-c2ccc(OCCCCCOc3ccc(C#N)cc3)cc2)c(CN2CCOCC2)s1. The first-order valence-corrected chi connectivity index (χ1v) is 12.9. The highest BCUT2D eigenvalue weighted by atomic mass is 32.1. The molecule has 0 radical (unpaired) electrons. The summed E-state index contributed by atoms with van der Waals surface area (Å²) in [6, 6.07) is 17.6. The van der Waals surface area contributed by atoms with Crippen LogP contribution in [0.3, 0.4) is 0 Å². The predicted octanol–water partition coefficient (Wildman–Crippen LogP) is 5.18. The smallest absolute Gasteiger partial charge is 0.183 e. The summed E-state index contributed by atoms with van der Waals surface area (Å²) in [5.74, 6) is 1.68. The molecule has 0 unspecified atom stereocenters. The second kappa shape index (κ2) is 13.1. The molecule has 1 aromatic heterocycles. The Balaban J connectivity index is 1.20. The van der Waals surface area contributed by atoms with Crippen LogP contribution in [0.15, 0.2) is 48.5 Å². The van der Waals surface area contributed by atoms with Gasteiger partial charge in [0.05, 0.1) is 43.8 Å². The van der Waals surface area contributed by atoms with Crippen molar-refractivity contribution in [3.63, 3.8) is 0 Å². The van der Waals surface area contributed by atoms with Crippen molar-refractivity contribution in [1.82, 2.24) is 9.88 Å². The van der Waals surface area contributed by atoms with Crippen LogP contribution in [0.5, 0.6) is 11.5 Å². The normalized spacial score (nSPS) is 13.8. The molecule has 8 heteroatoms. The standard InChI is InChI=1S/C27H32N4O3S/c1-29-27-30-26(25(35-27)20-31-13-17-32-18-14-31)22-7-11-24(12-8-22)34-16-4-2-3-15-33-23-9-5-21(19-28)6-10-23/h5-12H,2-4,13-18,20H2,1H3,(H,29,30). The van der Waals surface area contributed by atoms with E-state index in [0.29, 0.717) is 18.8 Å². The molecule has 35 heavy (non-hydrogen) atoms. The third kappa shape index (κ3) is 7.43. The van der Waals surface area contributed by atoms with Gasteiger partial charge >= 0.3 is 0 Å². The summed E-state index contributed by atoms with van der Waals surface area (Å²) in [5, 5.41) is 13.0. The molecule has 2 aromatic carbocycles. The quantitative estimate of drug-likeness (QED) is 0.349. The van der Waals surface area contributed by atoms with Crippen molar-refractivity contribution < 1.29 is 14.2 Å². The first-order valence-electron chi connectivity index (χ1n) is 12.1. The average Bonchev–Trinajstić information content (AvgIpc) is 3.32. The molecule has 2 heterocycles. The number of morpholine rings is 1. The molecule has 0 bridgehead atoms. The summed E-state index contributed by atoms with van der Waals surface area (Å²) in [4.78, 5) is 8.51. The Labute approximate surface area is 211 Å². The fraction of sp³-hybridized carbons (Fsp3) is 0.407. The van der Waals surface area contributed by atoms with Gasteiger partial charge in [0.2, 0.25) is 0 Å². The van der Waals surface area contributed by atoms with Crippen LogP contribution in [0.25, 0.3) is 11.3 Å². The van der Waals surface area contributed by atoms with Gasteiger partial charge in [-0.2, -0.15) is 5.26 Å². The van der Waals surface area contributed by atoms with Crippen molar-refractivity contribution in [3.05, 3.63) is 59.0 Å². The molecule has 1 aliphatic heterocycles. The van der Waals surface area contributed by atoms with E-state index in [1.54, 1.807) is 23.5 Å². The van der Waals surface area contributed by atoms with E-state index in [2.05, 4.69) is 28.4 Å².